The molecular weight excluding hydrogens is 248 g/mol. The van der Waals surface area contributed by atoms with Gasteiger partial charge in [-0.3, -0.25) is 0 Å². The van der Waals surface area contributed by atoms with Crippen LogP contribution in [0.2, 0.25) is 5.02 Å². The second kappa shape index (κ2) is 4.75. The van der Waals surface area contributed by atoms with E-state index >= 15 is 0 Å². The van der Waals surface area contributed by atoms with Crippen molar-refractivity contribution in [2.45, 2.75) is 38.7 Å². The topological polar surface area (TPSA) is 29.5 Å². The summed E-state index contributed by atoms with van der Waals surface area (Å²) < 4.78 is 5.68. The molecule has 1 aromatic rings. The number of benzene rings is 1. The Kier molecular flexibility index (Phi) is 3.25. The van der Waals surface area contributed by atoms with Gasteiger partial charge in [0.2, 0.25) is 0 Å². The first-order valence-corrected chi connectivity index (χ1v) is 7.18. The summed E-state index contributed by atoms with van der Waals surface area (Å²) in [5, 5.41) is 11.3. The molecule has 2 nitrogen and oxygen atoms in total. The van der Waals surface area contributed by atoms with E-state index in [-0.39, 0.29) is 0 Å². The Morgan fingerprint density at radius 1 is 1.39 bits per heavy atom. The maximum absolute atomic E-state index is 10.6. The van der Waals surface area contributed by atoms with Crippen molar-refractivity contribution < 1.29 is 9.84 Å². The Balaban J connectivity index is 1.96. The fourth-order valence-electron chi connectivity index (χ4n) is 3.39. The Morgan fingerprint density at radius 2 is 2.22 bits per heavy atom. The molecule has 0 bridgehead atoms. The number of hydrogen-bond donors (Lipinski definition) is 1. The van der Waals surface area contributed by atoms with Crippen molar-refractivity contribution in [3.8, 4) is 5.75 Å². The first-order chi connectivity index (χ1) is 8.66. The summed E-state index contributed by atoms with van der Waals surface area (Å²) in [6, 6.07) is 3.83. The molecule has 1 N–H and O–H groups in total. The van der Waals surface area contributed by atoms with E-state index in [0.29, 0.717) is 23.5 Å². The molecule has 0 amide bonds. The van der Waals surface area contributed by atoms with Crippen LogP contribution in [0.25, 0.3) is 0 Å². The summed E-state index contributed by atoms with van der Waals surface area (Å²) in [4.78, 5) is 0. The molecule has 2 aliphatic rings. The zero-order valence-electron chi connectivity index (χ0n) is 10.7. The van der Waals surface area contributed by atoms with Gasteiger partial charge in [-0.05, 0) is 36.0 Å². The SMILES string of the molecule is CC1CCCC1C(O)c1cc(Cl)cc2c1OCC2. The Hall–Kier alpha value is -0.730. The number of fused-ring (bicyclic) bond motifs is 1. The van der Waals surface area contributed by atoms with Crippen molar-refractivity contribution in [3.63, 3.8) is 0 Å². The summed E-state index contributed by atoms with van der Waals surface area (Å²) in [7, 11) is 0. The average molecular weight is 267 g/mol. The van der Waals surface area contributed by atoms with Gasteiger partial charge in [-0.2, -0.15) is 0 Å². The highest BCUT2D eigenvalue weighted by Crippen LogP contribution is 2.45. The number of halogens is 1. The van der Waals surface area contributed by atoms with Crippen molar-refractivity contribution in [2.75, 3.05) is 6.61 Å². The molecule has 98 valence electrons. The fourth-order valence-corrected chi connectivity index (χ4v) is 3.64. The predicted octanol–water partition coefficient (Wildman–Crippen LogP) is 3.74. The zero-order valence-corrected chi connectivity index (χ0v) is 11.4. The third-order valence-electron chi connectivity index (χ3n) is 4.43. The van der Waals surface area contributed by atoms with E-state index in [1.807, 2.05) is 12.1 Å². The van der Waals surface area contributed by atoms with Crippen LogP contribution in [-0.4, -0.2) is 11.7 Å². The molecule has 1 fully saturated rings. The number of rotatable bonds is 2. The lowest BCUT2D eigenvalue weighted by molar-refractivity contribution is 0.0874. The quantitative estimate of drug-likeness (QED) is 0.884. The summed E-state index contributed by atoms with van der Waals surface area (Å²) in [5.74, 6) is 1.80. The van der Waals surface area contributed by atoms with Crippen LogP contribution < -0.4 is 4.74 Å². The molecule has 1 saturated carbocycles. The van der Waals surface area contributed by atoms with Crippen molar-refractivity contribution in [2.24, 2.45) is 11.8 Å². The van der Waals surface area contributed by atoms with Crippen LogP contribution in [0.3, 0.4) is 0 Å². The minimum absolute atomic E-state index is 0.344. The van der Waals surface area contributed by atoms with E-state index in [2.05, 4.69) is 6.92 Å². The minimum atomic E-state index is -0.437. The maximum atomic E-state index is 10.6. The normalized spacial score (nSPS) is 27.9. The molecule has 1 aliphatic heterocycles. The molecule has 1 aliphatic carbocycles. The summed E-state index contributed by atoms with van der Waals surface area (Å²) in [6.45, 7) is 2.93. The number of ether oxygens (including phenoxy) is 1. The molecular formula is C15H19ClO2. The lowest BCUT2D eigenvalue weighted by Gasteiger charge is -2.24. The lowest BCUT2D eigenvalue weighted by atomic mass is 9.87. The van der Waals surface area contributed by atoms with Gasteiger partial charge in [0.15, 0.2) is 0 Å². The molecule has 3 atom stereocenters. The minimum Gasteiger partial charge on any atom is -0.493 e. The van der Waals surface area contributed by atoms with Crippen LogP contribution in [0.5, 0.6) is 5.75 Å². The van der Waals surface area contributed by atoms with Gasteiger partial charge in [-0.1, -0.05) is 31.4 Å². The predicted molar refractivity (Wildman–Crippen MR) is 72.1 cm³/mol. The molecule has 3 unspecified atom stereocenters. The average Bonchev–Trinajstić information content (AvgIpc) is 2.95. The van der Waals surface area contributed by atoms with Gasteiger partial charge in [0.05, 0.1) is 12.7 Å². The molecule has 3 heteroatoms. The third kappa shape index (κ3) is 2.02. The van der Waals surface area contributed by atoms with Gasteiger partial charge in [0.1, 0.15) is 5.75 Å². The molecule has 3 rings (SSSR count). The van der Waals surface area contributed by atoms with Crippen LogP contribution in [-0.2, 0) is 6.42 Å². The third-order valence-corrected chi connectivity index (χ3v) is 4.65. The van der Waals surface area contributed by atoms with Gasteiger partial charge in [0, 0.05) is 17.0 Å². The van der Waals surface area contributed by atoms with E-state index < -0.39 is 6.10 Å². The molecule has 18 heavy (non-hydrogen) atoms. The molecule has 1 heterocycles. The molecule has 0 radical (unpaired) electrons. The van der Waals surface area contributed by atoms with Crippen LogP contribution >= 0.6 is 11.6 Å². The second-order valence-electron chi connectivity index (χ2n) is 5.60. The fraction of sp³-hybridized carbons (Fsp3) is 0.600. The molecule has 0 saturated heterocycles. The lowest BCUT2D eigenvalue weighted by Crippen LogP contribution is -2.15. The van der Waals surface area contributed by atoms with Crippen LogP contribution in [0.4, 0.5) is 0 Å². The first kappa shape index (κ1) is 12.3. The highest BCUT2D eigenvalue weighted by atomic mass is 35.5. The summed E-state index contributed by atoms with van der Waals surface area (Å²) in [6.07, 6.45) is 3.99. The highest BCUT2D eigenvalue weighted by molar-refractivity contribution is 6.30. The highest BCUT2D eigenvalue weighted by Gasteiger charge is 2.33. The summed E-state index contributed by atoms with van der Waals surface area (Å²) in [5.41, 5.74) is 2.04. The van der Waals surface area contributed by atoms with E-state index in [4.69, 9.17) is 16.3 Å². The van der Waals surface area contributed by atoms with Crippen molar-refractivity contribution in [1.29, 1.82) is 0 Å². The second-order valence-corrected chi connectivity index (χ2v) is 6.04. The number of aliphatic hydroxyl groups is 1. The molecule has 0 spiro atoms. The largest absolute Gasteiger partial charge is 0.493 e. The standard InChI is InChI=1S/C15H19ClO2/c1-9-3-2-4-12(9)14(17)13-8-11(16)7-10-5-6-18-15(10)13/h7-9,12,14,17H,2-6H2,1H3. The van der Waals surface area contributed by atoms with Gasteiger partial charge >= 0.3 is 0 Å². The van der Waals surface area contributed by atoms with Crippen molar-refractivity contribution in [3.05, 3.63) is 28.3 Å². The first-order valence-electron chi connectivity index (χ1n) is 6.80. The number of aliphatic hydroxyl groups excluding tert-OH is 1. The van der Waals surface area contributed by atoms with Crippen molar-refractivity contribution >= 4 is 11.6 Å². The van der Waals surface area contributed by atoms with Gasteiger partial charge in [-0.15, -0.1) is 0 Å². The van der Waals surface area contributed by atoms with E-state index in [9.17, 15) is 5.11 Å². The van der Waals surface area contributed by atoms with Crippen LogP contribution in [0, 0.1) is 11.8 Å². The molecule has 1 aromatic carbocycles. The Bertz CT molecular complexity index is 458. The van der Waals surface area contributed by atoms with Crippen LogP contribution in [0.15, 0.2) is 12.1 Å². The maximum Gasteiger partial charge on any atom is 0.128 e. The van der Waals surface area contributed by atoms with Crippen LogP contribution in [0.1, 0.15) is 43.4 Å². The van der Waals surface area contributed by atoms with E-state index in [1.54, 1.807) is 0 Å². The van der Waals surface area contributed by atoms with Crippen molar-refractivity contribution in [1.82, 2.24) is 0 Å². The zero-order chi connectivity index (χ0) is 12.7. The molecule has 0 aromatic heterocycles. The summed E-state index contributed by atoms with van der Waals surface area (Å²) >= 11 is 6.15. The van der Waals surface area contributed by atoms with E-state index in [0.717, 1.165) is 29.7 Å². The Labute approximate surface area is 113 Å². The number of hydrogen-bond acceptors (Lipinski definition) is 2. The smallest absolute Gasteiger partial charge is 0.128 e. The Morgan fingerprint density at radius 3 is 2.94 bits per heavy atom. The monoisotopic (exact) mass is 266 g/mol. The van der Waals surface area contributed by atoms with Gasteiger partial charge in [0.25, 0.3) is 0 Å². The van der Waals surface area contributed by atoms with E-state index in [1.165, 1.54) is 12.8 Å². The van der Waals surface area contributed by atoms with Gasteiger partial charge < -0.3 is 9.84 Å². The van der Waals surface area contributed by atoms with Gasteiger partial charge in [-0.25, -0.2) is 0 Å².